The van der Waals surface area contributed by atoms with Crippen molar-refractivity contribution in [2.24, 2.45) is 7.05 Å². The molecule has 1 aromatic heterocycles. The molecule has 1 aliphatic rings. The number of carbonyl (C=O) groups excluding carboxylic acids is 1. The highest BCUT2D eigenvalue weighted by molar-refractivity contribution is 5.91. The van der Waals surface area contributed by atoms with E-state index >= 15 is 0 Å². The number of anilines is 1. The molecule has 1 aliphatic heterocycles. The predicted molar refractivity (Wildman–Crippen MR) is 124 cm³/mol. The van der Waals surface area contributed by atoms with Gasteiger partial charge in [0.15, 0.2) is 0 Å². The van der Waals surface area contributed by atoms with Gasteiger partial charge in [-0.15, -0.1) is 0 Å². The molecule has 0 unspecified atom stereocenters. The topological polar surface area (TPSA) is 59.3 Å². The molecule has 0 atom stereocenters. The summed E-state index contributed by atoms with van der Waals surface area (Å²) in [4.78, 5) is 27.9. The van der Waals surface area contributed by atoms with Gasteiger partial charge in [-0.1, -0.05) is 48.5 Å². The minimum Gasteiger partial charge on any atom is -0.320 e. The van der Waals surface area contributed by atoms with Crippen molar-refractivity contribution in [1.82, 2.24) is 14.3 Å². The van der Waals surface area contributed by atoms with Crippen molar-refractivity contribution in [3.8, 4) is 5.69 Å². The minimum atomic E-state index is -0.205. The molecular weight excluding hydrogens is 388 g/mol. The van der Waals surface area contributed by atoms with Gasteiger partial charge < -0.3 is 10.2 Å². The number of hydrogen-bond donors (Lipinski definition) is 1. The second kappa shape index (κ2) is 9.35. The zero-order valence-electron chi connectivity index (χ0n) is 18.3. The van der Waals surface area contributed by atoms with Crippen LogP contribution in [0.25, 0.3) is 5.69 Å². The van der Waals surface area contributed by atoms with Gasteiger partial charge in [-0.25, -0.2) is 4.68 Å². The molecule has 3 aromatic rings. The summed E-state index contributed by atoms with van der Waals surface area (Å²) in [6, 6.07) is 20.1. The van der Waals surface area contributed by atoms with Crippen LogP contribution in [0.15, 0.2) is 65.5 Å². The molecular formula is C25H30N4O2. The molecule has 1 N–H and O–H groups in total. The lowest BCUT2D eigenvalue weighted by molar-refractivity contribution is -0.116. The third kappa shape index (κ3) is 4.64. The molecule has 1 amide bonds. The lowest BCUT2D eigenvalue weighted by Gasteiger charge is -2.32. The summed E-state index contributed by atoms with van der Waals surface area (Å²) in [5, 5.41) is 2.86. The summed E-state index contributed by atoms with van der Waals surface area (Å²) < 4.78 is 3.36. The Labute approximate surface area is 183 Å². The summed E-state index contributed by atoms with van der Waals surface area (Å²) in [6.45, 7) is 4.56. The second-order valence-electron chi connectivity index (χ2n) is 8.26. The molecule has 4 rings (SSSR count). The number of hydrogen-bond acceptors (Lipinski definition) is 3. The van der Waals surface area contributed by atoms with Gasteiger partial charge in [0.05, 0.1) is 11.4 Å². The Balaban J connectivity index is 1.33. The van der Waals surface area contributed by atoms with Crippen LogP contribution in [0, 0.1) is 6.92 Å². The van der Waals surface area contributed by atoms with E-state index in [1.165, 1.54) is 5.56 Å². The van der Waals surface area contributed by atoms with Crippen molar-refractivity contribution in [2.75, 3.05) is 25.0 Å². The summed E-state index contributed by atoms with van der Waals surface area (Å²) in [5.41, 5.74) is 3.09. The first-order valence-corrected chi connectivity index (χ1v) is 11.0. The van der Waals surface area contributed by atoms with Gasteiger partial charge >= 0.3 is 0 Å². The molecule has 0 radical (unpaired) electrons. The SMILES string of the molecule is Cc1c(NC(=O)CCN2CCC(c3ccccc3)CC2)c(=O)n(-c2ccccc2)n1C. The minimum absolute atomic E-state index is 0.115. The van der Waals surface area contributed by atoms with Crippen molar-refractivity contribution in [2.45, 2.75) is 32.1 Å². The average Bonchev–Trinajstić information content (AvgIpc) is 3.02. The zero-order valence-corrected chi connectivity index (χ0v) is 18.3. The van der Waals surface area contributed by atoms with E-state index in [0.29, 0.717) is 24.6 Å². The van der Waals surface area contributed by atoms with Crippen molar-refractivity contribution < 1.29 is 4.79 Å². The van der Waals surface area contributed by atoms with Gasteiger partial charge in [-0.2, -0.15) is 0 Å². The van der Waals surface area contributed by atoms with Gasteiger partial charge in [0, 0.05) is 20.0 Å². The van der Waals surface area contributed by atoms with Crippen LogP contribution in [-0.2, 0) is 11.8 Å². The number of piperidine rings is 1. The number of nitrogens with zero attached hydrogens (tertiary/aromatic N) is 3. The maximum Gasteiger partial charge on any atom is 0.295 e. The van der Waals surface area contributed by atoms with Gasteiger partial charge in [-0.3, -0.25) is 14.3 Å². The third-order valence-electron chi connectivity index (χ3n) is 6.33. The number of likely N-dealkylation sites (tertiary alicyclic amines) is 1. The standard InChI is InChI=1S/C25H30N4O2/c1-19-24(25(31)29(27(19)2)22-11-7-4-8-12-22)26-23(30)15-18-28-16-13-21(14-17-28)20-9-5-3-6-10-20/h3-12,21H,13-18H2,1-2H3,(H,26,30). The molecule has 162 valence electrons. The van der Waals surface area contributed by atoms with Crippen LogP contribution in [0.2, 0.25) is 0 Å². The van der Waals surface area contributed by atoms with E-state index in [2.05, 4.69) is 40.5 Å². The van der Waals surface area contributed by atoms with Gasteiger partial charge in [-0.05, 0) is 56.5 Å². The first kappa shape index (κ1) is 21.1. The largest absolute Gasteiger partial charge is 0.320 e. The molecule has 6 heteroatoms. The molecule has 0 saturated carbocycles. The predicted octanol–water partition coefficient (Wildman–Crippen LogP) is 3.69. The molecule has 6 nitrogen and oxygen atoms in total. The maximum absolute atomic E-state index is 12.9. The Morgan fingerprint density at radius 1 is 1.00 bits per heavy atom. The highest BCUT2D eigenvalue weighted by atomic mass is 16.2. The fraction of sp³-hybridized carbons (Fsp3) is 0.360. The lowest BCUT2D eigenvalue weighted by Crippen LogP contribution is -2.35. The maximum atomic E-state index is 12.9. The highest BCUT2D eigenvalue weighted by Gasteiger charge is 2.22. The summed E-state index contributed by atoms with van der Waals surface area (Å²) in [6.07, 6.45) is 2.62. The molecule has 31 heavy (non-hydrogen) atoms. The van der Waals surface area contributed by atoms with E-state index in [1.807, 2.05) is 44.3 Å². The van der Waals surface area contributed by atoms with Crippen LogP contribution >= 0.6 is 0 Å². The van der Waals surface area contributed by atoms with Crippen molar-refractivity contribution in [3.63, 3.8) is 0 Å². The molecule has 0 aliphatic carbocycles. The van der Waals surface area contributed by atoms with Crippen LogP contribution in [-0.4, -0.2) is 39.8 Å². The molecule has 0 bridgehead atoms. The Morgan fingerprint density at radius 3 is 2.26 bits per heavy atom. The summed E-state index contributed by atoms with van der Waals surface area (Å²) in [7, 11) is 1.83. The average molecular weight is 419 g/mol. The van der Waals surface area contributed by atoms with Crippen molar-refractivity contribution >= 4 is 11.6 Å². The molecule has 1 fully saturated rings. The van der Waals surface area contributed by atoms with E-state index < -0.39 is 0 Å². The summed E-state index contributed by atoms with van der Waals surface area (Å²) >= 11 is 0. The summed E-state index contributed by atoms with van der Waals surface area (Å²) in [5.74, 6) is 0.492. The third-order valence-corrected chi connectivity index (χ3v) is 6.33. The first-order valence-electron chi connectivity index (χ1n) is 11.0. The molecule has 1 saturated heterocycles. The van der Waals surface area contributed by atoms with Crippen molar-refractivity contribution in [3.05, 3.63) is 82.3 Å². The van der Waals surface area contributed by atoms with Gasteiger partial charge in [0.25, 0.3) is 5.56 Å². The number of aromatic nitrogens is 2. The fourth-order valence-electron chi connectivity index (χ4n) is 4.39. The van der Waals surface area contributed by atoms with Crippen LogP contribution in [0.1, 0.15) is 36.4 Å². The fourth-order valence-corrected chi connectivity index (χ4v) is 4.39. The smallest absolute Gasteiger partial charge is 0.295 e. The van der Waals surface area contributed by atoms with E-state index in [9.17, 15) is 9.59 Å². The molecule has 2 aromatic carbocycles. The number of para-hydroxylation sites is 1. The second-order valence-corrected chi connectivity index (χ2v) is 8.26. The first-order chi connectivity index (χ1) is 15.0. The van der Waals surface area contributed by atoms with E-state index in [4.69, 9.17) is 0 Å². The monoisotopic (exact) mass is 418 g/mol. The Bertz CT molecular complexity index is 1080. The Kier molecular flexibility index (Phi) is 6.37. The van der Waals surface area contributed by atoms with Crippen LogP contribution in [0.4, 0.5) is 5.69 Å². The number of rotatable bonds is 6. The van der Waals surface area contributed by atoms with E-state index in [1.54, 1.807) is 9.36 Å². The number of carbonyl (C=O) groups is 1. The molecule has 0 spiro atoms. The zero-order chi connectivity index (χ0) is 21.8. The normalized spacial score (nSPS) is 15.2. The Hall–Kier alpha value is -3.12. The molecule has 2 heterocycles. The van der Waals surface area contributed by atoms with E-state index in [-0.39, 0.29) is 11.5 Å². The van der Waals surface area contributed by atoms with Crippen LogP contribution in [0.3, 0.4) is 0 Å². The quantitative estimate of drug-likeness (QED) is 0.664. The highest BCUT2D eigenvalue weighted by Crippen LogP contribution is 2.27. The van der Waals surface area contributed by atoms with E-state index in [0.717, 1.165) is 37.3 Å². The van der Waals surface area contributed by atoms with Crippen LogP contribution in [0.5, 0.6) is 0 Å². The van der Waals surface area contributed by atoms with Crippen LogP contribution < -0.4 is 10.9 Å². The Morgan fingerprint density at radius 2 is 1.61 bits per heavy atom. The lowest BCUT2D eigenvalue weighted by atomic mass is 9.89. The number of benzene rings is 2. The van der Waals surface area contributed by atoms with Gasteiger partial charge in [0.2, 0.25) is 5.91 Å². The number of nitrogens with one attached hydrogen (secondary N) is 1. The number of amides is 1. The van der Waals surface area contributed by atoms with Gasteiger partial charge in [0.1, 0.15) is 5.69 Å². The van der Waals surface area contributed by atoms with Crippen molar-refractivity contribution in [1.29, 1.82) is 0 Å².